The minimum Gasteiger partial charge on any atom is -0.348 e. The second-order valence-corrected chi connectivity index (χ2v) is 3.49. The highest BCUT2D eigenvalue weighted by Gasteiger charge is 2.38. The highest BCUT2D eigenvalue weighted by atomic mass is 19.4. The first-order chi connectivity index (χ1) is 7.39. The third-order valence-corrected chi connectivity index (χ3v) is 2.08. The second-order valence-electron chi connectivity index (χ2n) is 3.49. The van der Waals surface area contributed by atoms with Crippen molar-refractivity contribution in [3.63, 3.8) is 0 Å². The maximum absolute atomic E-state index is 11.8. The molecule has 0 unspecified atom stereocenters. The second kappa shape index (κ2) is 5.01. The molecule has 0 saturated carbocycles. The van der Waals surface area contributed by atoms with Crippen molar-refractivity contribution in [2.75, 3.05) is 6.54 Å². The first-order valence-corrected chi connectivity index (χ1v) is 4.80. The summed E-state index contributed by atoms with van der Waals surface area (Å²) in [5, 5.41) is 1.82. The maximum atomic E-state index is 11.8. The number of hydrogen-bond donors (Lipinski definition) is 1. The van der Waals surface area contributed by atoms with E-state index in [1.807, 2.05) is 36.5 Å². The summed E-state index contributed by atoms with van der Waals surface area (Å²) in [6.45, 7) is 1.91. The molecule has 0 heterocycles. The molecule has 1 aromatic rings. The Bertz CT molecular complexity index is 356. The normalized spacial score (nSPS) is 11.2. The molecule has 0 aliphatic rings. The minimum absolute atomic E-state index is 0.0125. The molecule has 0 aliphatic heterocycles. The van der Waals surface area contributed by atoms with Gasteiger partial charge in [0.05, 0.1) is 0 Å². The van der Waals surface area contributed by atoms with Crippen LogP contribution in [0.2, 0.25) is 0 Å². The Balaban J connectivity index is 2.36. The molecule has 16 heavy (non-hydrogen) atoms. The molecule has 0 bridgehead atoms. The van der Waals surface area contributed by atoms with Gasteiger partial charge in [-0.3, -0.25) is 4.79 Å². The molecule has 0 spiro atoms. The van der Waals surface area contributed by atoms with Gasteiger partial charge in [-0.2, -0.15) is 13.2 Å². The molecule has 0 aromatic heterocycles. The molecule has 1 amide bonds. The summed E-state index contributed by atoms with van der Waals surface area (Å²) in [6.07, 6.45) is -4.41. The van der Waals surface area contributed by atoms with Crippen LogP contribution in [0.25, 0.3) is 0 Å². The highest BCUT2D eigenvalue weighted by molar-refractivity contribution is 5.81. The fourth-order valence-corrected chi connectivity index (χ4v) is 1.18. The van der Waals surface area contributed by atoms with Gasteiger partial charge >= 0.3 is 12.1 Å². The molecular formula is C11H12F3NO. The third-order valence-electron chi connectivity index (χ3n) is 2.08. The van der Waals surface area contributed by atoms with Crippen molar-refractivity contribution in [2.45, 2.75) is 19.5 Å². The van der Waals surface area contributed by atoms with Crippen LogP contribution in [0.3, 0.4) is 0 Å². The summed E-state index contributed by atoms with van der Waals surface area (Å²) < 4.78 is 35.4. The van der Waals surface area contributed by atoms with E-state index in [-0.39, 0.29) is 6.54 Å². The summed E-state index contributed by atoms with van der Waals surface area (Å²) in [5.74, 6) is -1.89. The lowest BCUT2D eigenvalue weighted by Crippen LogP contribution is -2.37. The molecule has 88 valence electrons. The van der Waals surface area contributed by atoms with Crippen LogP contribution in [0, 0.1) is 6.92 Å². The van der Waals surface area contributed by atoms with Crippen LogP contribution in [-0.2, 0) is 11.2 Å². The van der Waals surface area contributed by atoms with Crippen LogP contribution in [0.5, 0.6) is 0 Å². The first kappa shape index (κ1) is 12.5. The van der Waals surface area contributed by atoms with Gasteiger partial charge in [0.25, 0.3) is 0 Å². The average Bonchev–Trinajstić information content (AvgIpc) is 2.19. The van der Waals surface area contributed by atoms with Gasteiger partial charge in [0.15, 0.2) is 0 Å². The molecule has 2 nitrogen and oxygen atoms in total. The Morgan fingerprint density at radius 1 is 1.25 bits per heavy atom. The van der Waals surface area contributed by atoms with Crippen molar-refractivity contribution in [3.8, 4) is 0 Å². The highest BCUT2D eigenvalue weighted by Crippen LogP contribution is 2.14. The standard InChI is InChI=1S/C11H12F3NO/c1-8-2-4-9(5-3-8)6-7-15-10(16)11(12,13)14/h2-5H,6-7H2,1H3,(H,15,16). The predicted octanol–water partition coefficient (Wildman–Crippen LogP) is 2.22. The zero-order chi connectivity index (χ0) is 12.2. The van der Waals surface area contributed by atoms with E-state index in [0.29, 0.717) is 6.42 Å². The van der Waals surface area contributed by atoms with Gasteiger partial charge in [0, 0.05) is 6.54 Å². The largest absolute Gasteiger partial charge is 0.471 e. The lowest BCUT2D eigenvalue weighted by molar-refractivity contribution is -0.173. The van der Waals surface area contributed by atoms with Crippen molar-refractivity contribution < 1.29 is 18.0 Å². The predicted molar refractivity (Wildman–Crippen MR) is 53.9 cm³/mol. The number of benzene rings is 1. The molecule has 0 saturated heterocycles. The van der Waals surface area contributed by atoms with Crippen LogP contribution in [0.15, 0.2) is 24.3 Å². The summed E-state index contributed by atoms with van der Waals surface area (Å²) in [5.41, 5.74) is 1.98. The van der Waals surface area contributed by atoms with Gasteiger partial charge in [-0.15, -0.1) is 0 Å². The fraction of sp³-hybridized carbons (Fsp3) is 0.364. The summed E-state index contributed by atoms with van der Waals surface area (Å²) in [7, 11) is 0. The van der Waals surface area contributed by atoms with Crippen molar-refractivity contribution in [2.24, 2.45) is 0 Å². The Morgan fingerprint density at radius 3 is 2.31 bits per heavy atom. The van der Waals surface area contributed by atoms with Gasteiger partial charge in [-0.25, -0.2) is 0 Å². The lowest BCUT2D eigenvalue weighted by Gasteiger charge is -2.07. The molecule has 0 radical (unpaired) electrons. The summed E-state index contributed by atoms with van der Waals surface area (Å²) in [6, 6.07) is 7.41. The number of amides is 1. The Labute approximate surface area is 91.5 Å². The monoisotopic (exact) mass is 231 g/mol. The van der Waals surface area contributed by atoms with Crippen LogP contribution in [0.4, 0.5) is 13.2 Å². The van der Waals surface area contributed by atoms with E-state index < -0.39 is 12.1 Å². The van der Waals surface area contributed by atoms with E-state index in [9.17, 15) is 18.0 Å². The van der Waals surface area contributed by atoms with Crippen LogP contribution in [-0.4, -0.2) is 18.6 Å². The number of carbonyl (C=O) groups is 1. The molecule has 1 aromatic carbocycles. The van der Waals surface area contributed by atoms with Crippen LogP contribution >= 0.6 is 0 Å². The average molecular weight is 231 g/mol. The molecular weight excluding hydrogens is 219 g/mol. The zero-order valence-electron chi connectivity index (χ0n) is 8.77. The quantitative estimate of drug-likeness (QED) is 0.849. The van der Waals surface area contributed by atoms with Crippen molar-refractivity contribution >= 4 is 5.91 Å². The lowest BCUT2D eigenvalue weighted by atomic mass is 10.1. The summed E-state index contributed by atoms with van der Waals surface area (Å²) in [4.78, 5) is 10.5. The van der Waals surface area contributed by atoms with Crippen molar-refractivity contribution in [3.05, 3.63) is 35.4 Å². The molecule has 0 aliphatic carbocycles. The van der Waals surface area contributed by atoms with E-state index >= 15 is 0 Å². The molecule has 0 fully saturated rings. The van der Waals surface area contributed by atoms with Gasteiger partial charge in [-0.05, 0) is 18.9 Å². The molecule has 1 N–H and O–H groups in total. The zero-order valence-corrected chi connectivity index (χ0v) is 8.77. The number of carbonyl (C=O) groups excluding carboxylic acids is 1. The molecule has 1 rings (SSSR count). The fourth-order valence-electron chi connectivity index (χ4n) is 1.18. The maximum Gasteiger partial charge on any atom is 0.471 e. The van der Waals surface area contributed by atoms with Gasteiger partial charge in [0.2, 0.25) is 0 Å². The number of alkyl halides is 3. The number of hydrogen-bond acceptors (Lipinski definition) is 1. The summed E-state index contributed by atoms with van der Waals surface area (Å²) >= 11 is 0. The smallest absolute Gasteiger partial charge is 0.348 e. The molecule has 0 atom stereocenters. The van der Waals surface area contributed by atoms with Gasteiger partial charge < -0.3 is 5.32 Å². The van der Waals surface area contributed by atoms with Gasteiger partial charge in [0.1, 0.15) is 0 Å². The van der Waals surface area contributed by atoms with Gasteiger partial charge in [-0.1, -0.05) is 29.8 Å². The number of rotatable bonds is 3. The van der Waals surface area contributed by atoms with E-state index in [2.05, 4.69) is 0 Å². The van der Waals surface area contributed by atoms with E-state index in [1.54, 1.807) is 0 Å². The Hall–Kier alpha value is -1.52. The number of aryl methyl sites for hydroxylation is 1. The Morgan fingerprint density at radius 2 is 1.81 bits per heavy atom. The van der Waals surface area contributed by atoms with Crippen LogP contribution in [0.1, 0.15) is 11.1 Å². The first-order valence-electron chi connectivity index (χ1n) is 4.80. The van der Waals surface area contributed by atoms with E-state index in [1.165, 1.54) is 0 Å². The van der Waals surface area contributed by atoms with E-state index in [4.69, 9.17) is 0 Å². The SMILES string of the molecule is Cc1ccc(CCNC(=O)C(F)(F)F)cc1. The number of halogens is 3. The van der Waals surface area contributed by atoms with Crippen molar-refractivity contribution in [1.29, 1.82) is 0 Å². The minimum atomic E-state index is -4.80. The number of nitrogens with one attached hydrogen (secondary N) is 1. The third kappa shape index (κ3) is 3.92. The van der Waals surface area contributed by atoms with Crippen molar-refractivity contribution in [1.82, 2.24) is 5.32 Å². The van der Waals surface area contributed by atoms with E-state index in [0.717, 1.165) is 11.1 Å². The Kier molecular flexibility index (Phi) is 3.93. The topological polar surface area (TPSA) is 29.1 Å². The van der Waals surface area contributed by atoms with Crippen LogP contribution < -0.4 is 5.32 Å². The molecule has 5 heteroatoms.